The summed E-state index contributed by atoms with van der Waals surface area (Å²) in [5.74, 6) is 0. The minimum absolute atomic E-state index is 0.116. The van der Waals surface area contributed by atoms with E-state index in [4.69, 9.17) is 9.57 Å². The first-order valence-corrected chi connectivity index (χ1v) is 6.21. The number of amides is 1. The lowest BCUT2D eigenvalue weighted by Gasteiger charge is -2.52. The van der Waals surface area contributed by atoms with Crippen LogP contribution in [0.5, 0.6) is 0 Å². The maximum Gasteiger partial charge on any atom is 0.421 e. The molecule has 0 atom stereocenters. The zero-order chi connectivity index (χ0) is 14.0. The molecule has 0 aromatic rings. The summed E-state index contributed by atoms with van der Waals surface area (Å²) in [6.45, 7) is 8.35. The van der Waals surface area contributed by atoms with Gasteiger partial charge in [-0.1, -0.05) is 0 Å². The van der Waals surface area contributed by atoms with Gasteiger partial charge >= 0.3 is 6.09 Å². The second-order valence-electron chi connectivity index (χ2n) is 5.91. The molecule has 0 radical (unpaired) electrons. The molecule has 1 aliphatic rings. The van der Waals surface area contributed by atoms with Gasteiger partial charge in [0.15, 0.2) is 0 Å². The van der Waals surface area contributed by atoms with Gasteiger partial charge in [0, 0.05) is 31.0 Å². The number of nitrogens with zero attached hydrogens (tertiary/aromatic N) is 1. The largest absolute Gasteiger partial charge is 0.445 e. The Morgan fingerprint density at radius 3 is 2.11 bits per heavy atom. The molecule has 1 amide bonds. The van der Waals surface area contributed by atoms with Gasteiger partial charge in [0.05, 0.1) is 7.11 Å². The fourth-order valence-corrected chi connectivity index (χ4v) is 3.03. The van der Waals surface area contributed by atoms with E-state index in [1.165, 1.54) is 0 Å². The van der Waals surface area contributed by atoms with Gasteiger partial charge in [0.25, 0.3) is 0 Å². The zero-order valence-corrected chi connectivity index (χ0v) is 12.2. The monoisotopic (exact) mass is 259 g/mol. The van der Waals surface area contributed by atoms with Crippen LogP contribution < -0.4 is 10.9 Å². The average molecular weight is 259 g/mol. The fraction of sp³-hybridized carbons (Fsp3) is 0.917. The highest BCUT2D eigenvalue weighted by molar-refractivity contribution is 5.66. The summed E-state index contributed by atoms with van der Waals surface area (Å²) < 4.78 is 5.40. The van der Waals surface area contributed by atoms with E-state index in [2.05, 4.69) is 38.5 Å². The van der Waals surface area contributed by atoms with Crippen LogP contribution in [0.2, 0.25) is 0 Å². The van der Waals surface area contributed by atoms with Crippen molar-refractivity contribution in [1.82, 2.24) is 15.9 Å². The van der Waals surface area contributed by atoms with E-state index in [1.54, 1.807) is 14.2 Å². The number of carbonyl (C=O) groups excluding carboxylic acids is 1. The van der Waals surface area contributed by atoms with Crippen molar-refractivity contribution in [1.29, 1.82) is 0 Å². The predicted octanol–water partition coefficient (Wildman–Crippen LogP) is 1.43. The van der Waals surface area contributed by atoms with Crippen molar-refractivity contribution in [2.24, 2.45) is 0 Å². The van der Waals surface area contributed by atoms with Gasteiger partial charge in [0.2, 0.25) is 0 Å². The summed E-state index contributed by atoms with van der Waals surface area (Å²) in [4.78, 5) is 16.9. The van der Waals surface area contributed by atoms with Gasteiger partial charge in [-0.05, 0) is 27.7 Å². The van der Waals surface area contributed by atoms with Crippen molar-refractivity contribution in [3.05, 3.63) is 0 Å². The van der Waals surface area contributed by atoms with Crippen LogP contribution in [-0.2, 0) is 9.57 Å². The highest BCUT2D eigenvalue weighted by atomic mass is 16.7. The van der Waals surface area contributed by atoms with Gasteiger partial charge in [-0.15, -0.1) is 0 Å². The van der Waals surface area contributed by atoms with Crippen molar-refractivity contribution < 1.29 is 14.4 Å². The van der Waals surface area contributed by atoms with Crippen LogP contribution in [0, 0.1) is 0 Å². The van der Waals surface area contributed by atoms with E-state index >= 15 is 0 Å². The summed E-state index contributed by atoms with van der Waals surface area (Å²) in [5.41, 5.74) is 4.62. The van der Waals surface area contributed by atoms with E-state index in [1.807, 2.05) is 5.06 Å². The standard InChI is InChI=1S/C12H25N3O3/c1-11(2)7-9(18-10(16)14-13-5)8-12(3,4)15(11)17-6/h9,13H,7-8H2,1-6H3,(H,14,16). The number of hydrogen-bond acceptors (Lipinski definition) is 5. The Hall–Kier alpha value is -0.850. The van der Waals surface area contributed by atoms with Gasteiger partial charge in [-0.25, -0.2) is 10.2 Å². The van der Waals surface area contributed by atoms with Crippen LogP contribution in [-0.4, -0.2) is 42.5 Å². The minimum Gasteiger partial charge on any atom is -0.445 e. The third-order valence-corrected chi connectivity index (χ3v) is 3.24. The third kappa shape index (κ3) is 3.34. The van der Waals surface area contributed by atoms with Crippen LogP contribution in [0.4, 0.5) is 4.79 Å². The number of piperidine rings is 1. The van der Waals surface area contributed by atoms with Crippen molar-refractivity contribution in [2.75, 3.05) is 14.2 Å². The lowest BCUT2D eigenvalue weighted by molar-refractivity contribution is -0.276. The topological polar surface area (TPSA) is 62.8 Å². The van der Waals surface area contributed by atoms with Crippen LogP contribution in [0.15, 0.2) is 0 Å². The molecule has 6 nitrogen and oxygen atoms in total. The first-order chi connectivity index (χ1) is 8.23. The van der Waals surface area contributed by atoms with E-state index in [-0.39, 0.29) is 17.2 Å². The molecule has 106 valence electrons. The lowest BCUT2D eigenvalue weighted by atomic mass is 9.80. The Kier molecular flexibility index (Phi) is 4.58. The van der Waals surface area contributed by atoms with Gasteiger partial charge in [0.1, 0.15) is 6.10 Å². The molecule has 0 saturated carbocycles. The number of rotatable bonds is 3. The smallest absolute Gasteiger partial charge is 0.421 e. The average Bonchev–Trinajstić information content (AvgIpc) is 2.13. The number of nitrogens with one attached hydrogen (secondary N) is 2. The van der Waals surface area contributed by atoms with Crippen molar-refractivity contribution in [2.45, 2.75) is 57.7 Å². The number of ether oxygens (including phenoxy) is 1. The van der Waals surface area contributed by atoms with Crippen molar-refractivity contribution >= 4 is 6.09 Å². The molecule has 6 heteroatoms. The third-order valence-electron chi connectivity index (χ3n) is 3.24. The van der Waals surface area contributed by atoms with E-state index in [0.717, 1.165) is 12.8 Å². The number of hydroxylamine groups is 2. The van der Waals surface area contributed by atoms with Gasteiger partial charge in [-0.2, -0.15) is 5.06 Å². The summed E-state index contributed by atoms with van der Waals surface area (Å²) >= 11 is 0. The molecule has 1 aliphatic heterocycles. The van der Waals surface area contributed by atoms with E-state index in [0.29, 0.717) is 0 Å². The van der Waals surface area contributed by atoms with Gasteiger partial charge in [-0.3, -0.25) is 5.43 Å². The number of hydrogen-bond donors (Lipinski definition) is 2. The minimum atomic E-state index is -0.444. The van der Waals surface area contributed by atoms with Crippen molar-refractivity contribution in [3.63, 3.8) is 0 Å². The van der Waals surface area contributed by atoms with Crippen molar-refractivity contribution in [3.8, 4) is 0 Å². The van der Waals surface area contributed by atoms with Gasteiger partial charge < -0.3 is 9.57 Å². The zero-order valence-electron chi connectivity index (χ0n) is 12.2. The number of hydrazine groups is 1. The Balaban J connectivity index is 2.74. The molecule has 1 rings (SSSR count). The Morgan fingerprint density at radius 2 is 1.72 bits per heavy atom. The molecule has 0 aromatic heterocycles. The maximum atomic E-state index is 11.4. The quantitative estimate of drug-likeness (QED) is 0.751. The molecule has 18 heavy (non-hydrogen) atoms. The molecular weight excluding hydrogens is 234 g/mol. The Morgan fingerprint density at radius 1 is 1.22 bits per heavy atom. The molecular formula is C12H25N3O3. The highest BCUT2D eigenvalue weighted by Crippen LogP contribution is 2.39. The summed E-state index contributed by atoms with van der Waals surface area (Å²) in [6.07, 6.45) is 0.915. The lowest BCUT2D eigenvalue weighted by Crippen LogP contribution is -2.61. The molecule has 1 heterocycles. The molecule has 2 N–H and O–H groups in total. The first-order valence-electron chi connectivity index (χ1n) is 6.21. The first kappa shape index (κ1) is 15.2. The molecule has 1 saturated heterocycles. The number of carbonyl (C=O) groups is 1. The second-order valence-corrected chi connectivity index (χ2v) is 5.91. The molecule has 1 fully saturated rings. The predicted molar refractivity (Wildman–Crippen MR) is 68.7 cm³/mol. The maximum absolute atomic E-state index is 11.4. The fourth-order valence-electron chi connectivity index (χ4n) is 3.03. The normalized spacial score (nSPS) is 23.7. The van der Waals surface area contributed by atoms with E-state index in [9.17, 15) is 4.79 Å². The SMILES string of the molecule is CNNC(=O)OC1CC(C)(C)N(OC)C(C)(C)C1. The van der Waals surface area contributed by atoms with Crippen LogP contribution in [0.3, 0.4) is 0 Å². The molecule has 0 bridgehead atoms. The molecule has 0 aromatic carbocycles. The van der Waals surface area contributed by atoms with E-state index < -0.39 is 6.09 Å². The van der Waals surface area contributed by atoms with Crippen LogP contribution in [0.25, 0.3) is 0 Å². The Labute approximate surface area is 109 Å². The molecule has 0 aliphatic carbocycles. The summed E-state index contributed by atoms with van der Waals surface area (Å²) in [6, 6.07) is 0. The molecule has 0 spiro atoms. The highest BCUT2D eigenvalue weighted by Gasteiger charge is 2.47. The Bertz CT molecular complexity index is 287. The van der Waals surface area contributed by atoms with Crippen LogP contribution >= 0.6 is 0 Å². The summed E-state index contributed by atoms with van der Waals surface area (Å²) in [7, 11) is 3.31. The second kappa shape index (κ2) is 5.42. The summed E-state index contributed by atoms with van der Waals surface area (Å²) in [5, 5.41) is 1.98. The molecule has 0 unspecified atom stereocenters. The van der Waals surface area contributed by atoms with Crippen LogP contribution in [0.1, 0.15) is 40.5 Å².